The first-order valence-electron chi connectivity index (χ1n) is 4.09. The number of halogens is 1. The standard InChI is InChI=1S/C10H10BrNO2/c1-7(12-6-13)9-5-8(14-2)3-4-10(9)11/h3-5,7H,1-2H3. The molecule has 0 N–H and O–H groups in total. The van der Waals surface area contributed by atoms with Gasteiger partial charge in [0.1, 0.15) is 5.75 Å². The molecular formula is C10H10BrNO2. The van der Waals surface area contributed by atoms with Gasteiger partial charge in [-0.2, -0.15) is 4.99 Å². The smallest absolute Gasteiger partial charge is 0.235 e. The van der Waals surface area contributed by atoms with Crippen LogP contribution in [-0.4, -0.2) is 13.2 Å². The Morgan fingerprint density at radius 1 is 1.57 bits per heavy atom. The van der Waals surface area contributed by atoms with Gasteiger partial charge in [-0.15, -0.1) is 0 Å². The number of benzene rings is 1. The topological polar surface area (TPSA) is 38.7 Å². The summed E-state index contributed by atoms with van der Waals surface area (Å²) in [6.07, 6.45) is 1.54. The summed E-state index contributed by atoms with van der Waals surface area (Å²) >= 11 is 3.38. The van der Waals surface area contributed by atoms with E-state index in [1.807, 2.05) is 25.1 Å². The van der Waals surface area contributed by atoms with Crippen LogP contribution in [0.15, 0.2) is 27.7 Å². The van der Waals surface area contributed by atoms with E-state index in [1.165, 1.54) is 0 Å². The van der Waals surface area contributed by atoms with Gasteiger partial charge in [-0.25, -0.2) is 4.79 Å². The third kappa shape index (κ3) is 2.44. The molecule has 0 saturated carbocycles. The van der Waals surface area contributed by atoms with Crippen LogP contribution in [0.3, 0.4) is 0 Å². The van der Waals surface area contributed by atoms with Crippen molar-refractivity contribution in [1.29, 1.82) is 0 Å². The fourth-order valence-electron chi connectivity index (χ4n) is 1.12. The SMILES string of the molecule is COc1ccc(Br)c(C(C)N=C=O)c1. The fraction of sp³-hybridized carbons (Fsp3) is 0.300. The van der Waals surface area contributed by atoms with Crippen LogP contribution in [0.5, 0.6) is 5.75 Å². The monoisotopic (exact) mass is 255 g/mol. The van der Waals surface area contributed by atoms with Crippen LogP contribution >= 0.6 is 15.9 Å². The van der Waals surface area contributed by atoms with E-state index in [0.29, 0.717) is 0 Å². The first-order valence-corrected chi connectivity index (χ1v) is 4.88. The molecule has 0 bridgehead atoms. The van der Waals surface area contributed by atoms with Crippen LogP contribution in [-0.2, 0) is 4.79 Å². The van der Waals surface area contributed by atoms with Gasteiger partial charge in [-0.05, 0) is 30.7 Å². The van der Waals surface area contributed by atoms with Crippen LogP contribution in [0.2, 0.25) is 0 Å². The van der Waals surface area contributed by atoms with E-state index in [9.17, 15) is 4.79 Å². The molecule has 1 aromatic carbocycles. The summed E-state index contributed by atoms with van der Waals surface area (Å²) in [6.45, 7) is 1.82. The van der Waals surface area contributed by atoms with E-state index in [0.717, 1.165) is 15.8 Å². The number of aliphatic imine (C=N–C) groups is 1. The van der Waals surface area contributed by atoms with Gasteiger partial charge in [0.2, 0.25) is 6.08 Å². The highest BCUT2D eigenvalue weighted by Gasteiger charge is 2.08. The Morgan fingerprint density at radius 3 is 2.86 bits per heavy atom. The summed E-state index contributed by atoms with van der Waals surface area (Å²) in [4.78, 5) is 13.8. The molecule has 0 saturated heterocycles. The fourth-order valence-corrected chi connectivity index (χ4v) is 1.70. The highest BCUT2D eigenvalue weighted by atomic mass is 79.9. The van der Waals surface area contributed by atoms with E-state index < -0.39 is 0 Å². The molecule has 74 valence electrons. The van der Waals surface area contributed by atoms with Crippen LogP contribution < -0.4 is 4.74 Å². The molecule has 0 aliphatic carbocycles. The van der Waals surface area contributed by atoms with E-state index in [-0.39, 0.29) is 6.04 Å². The van der Waals surface area contributed by atoms with Crippen LogP contribution in [0.4, 0.5) is 0 Å². The second-order valence-corrected chi connectivity index (χ2v) is 3.64. The quantitative estimate of drug-likeness (QED) is 0.616. The maximum atomic E-state index is 10.1. The number of isocyanates is 1. The molecule has 0 fully saturated rings. The second kappa shape index (κ2) is 4.94. The zero-order valence-electron chi connectivity index (χ0n) is 7.95. The zero-order valence-corrected chi connectivity index (χ0v) is 9.54. The van der Waals surface area contributed by atoms with Crippen molar-refractivity contribution < 1.29 is 9.53 Å². The average Bonchev–Trinajstić information content (AvgIpc) is 2.19. The summed E-state index contributed by atoms with van der Waals surface area (Å²) in [5, 5.41) is 0. The molecule has 4 heteroatoms. The molecule has 0 heterocycles. The average molecular weight is 256 g/mol. The minimum absolute atomic E-state index is 0.211. The minimum Gasteiger partial charge on any atom is -0.497 e. The summed E-state index contributed by atoms with van der Waals surface area (Å²) in [5.41, 5.74) is 0.910. The number of hydrogen-bond acceptors (Lipinski definition) is 3. The van der Waals surface area contributed by atoms with Gasteiger partial charge >= 0.3 is 0 Å². The lowest BCUT2D eigenvalue weighted by Crippen LogP contribution is -1.92. The van der Waals surface area contributed by atoms with Crippen molar-refractivity contribution in [1.82, 2.24) is 0 Å². The molecule has 1 rings (SSSR count). The molecular weight excluding hydrogens is 246 g/mol. The number of methoxy groups -OCH3 is 1. The largest absolute Gasteiger partial charge is 0.497 e. The number of carbonyl (C=O) groups excluding carboxylic acids is 1. The molecule has 1 atom stereocenters. The van der Waals surface area contributed by atoms with Gasteiger partial charge < -0.3 is 4.74 Å². The van der Waals surface area contributed by atoms with Gasteiger partial charge in [0.05, 0.1) is 13.2 Å². The normalized spacial score (nSPS) is 11.6. The molecule has 0 aliphatic rings. The molecule has 0 radical (unpaired) electrons. The Hall–Kier alpha value is -1.12. The first-order chi connectivity index (χ1) is 6.69. The Morgan fingerprint density at radius 2 is 2.29 bits per heavy atom. The molecule has 0 aromatic heterocycles. The Bertz CT molecular complexity index is 372. The molecule has 1 aromatic rings. The predicted octanol–water partition coefficient (Wildman–Crippen LogP) is 2.85. The highest BCUT2D eigenvalue weighted by molar-refractivity contribution is 9.10. The number of hydrogen-bond donors (Lipinski definition) is 0. The lowest BCUT2D eigenvalue weighted by Gasteiger charge is -2.09. The molecule has 3 nitrogen and oxygen atoms in total. The van der Waals surface area contributed by atoms with Gasteiger partial charge in [0, 0.05) is 4.47 Å². The van der Waals surface area contributed by atoms with Gasteiger partial charge in [0.15, 0.2) is 0 Å². The number of ether oxygens (including phenoxy) is 1. The highest BCUT2D eigenvalue weighted by Crippen LogP contribution is 2.29. The van der Waals surface area contributed by atoms with Crippen LogP contribution in [0, 0.1) is 0 Å². The Balaban J connectivity index is 3.11. The number of rotatable bonds is 3. The van der Waals surface area contributed by atoms with E-state index in [1.54, 1.807) is 13.2 Å². The summed E-state index contributed by atoms with van der Waals surface area (Å²) in [7, 11) is 1.60. The maximum absolute atomic E-state index is 10.1. The zero-order chi connectivity index (χ0) is 10.6. The maximum Gasteiger partial charge on any atom is 0.235 e. The predicted molar refractivity (Wildman–Crippen MR) is 57.2 cm³/mol. The van der Waals surface area contributed by atoms with Gasteiger partial charge in [-0.1, -0.05) is 15.9 Å². The van der Waals surface area contributed by atoms with E-state index >= 15 is 0 Å². The molecule has 0 spiro atoms. The van der Waals surface area contributed by atoms with Gasteiger partial charge in [0.25, 0.3) is 0 Å². The lowest BCUT2D eigenvalue weighted by molar-refractivity contribution is 0.414. The third-order valence-electron chi connectivity index (χ3n) is 1.90. The van der Waals surface area contributed by atoms with Crippen molar-refractivity contribution in [2.45, 2.75) is 13.0 Å². The van der Waals surface area contributed by atoms with E-state index in [2.05, 4.69) is 20.9 Å². The number of nitrogens with zero attached hydrogens (tertiary/aromatic N) is 1. The second-order valence-electron chi connectivity index (χ2n) is 2.78. The minimum atomic E-state index is -0.211. The summed E-state index contributed by atoms with van der Waals surface area (Å²) in [5.74, 6) is 0.746. The molecule has 0 aliphatic heterocycles. The summed E-state index contributed by atoms with van der Waals surface area (Å²) in [6, 6.07) is 5.34. The third-order valence-corrected chi connectivity index (χ3v) is 2.62. The molecule has 0 amide bonds. The summed E-state index contributed by atoms with van der Waals surface area (Å²) < 4.78 is 5.98. The Kier molecular flexibility index (Phi) is 3.86. The van der Waals surface area contributed by atoms with Crippen molar-refractivity contribution in [2.24, 2.45) is 4.99 Å². The molecule has 1 unspecified atom stereocenters. The van der Waals surface area contributed by atoms with Crippen molar-refractivity contribution in [2.75, 3.05) is 7.11 Å². The van der Waals surface area contributed by atoms with Crippen LogP contribution in [0.25, 0.3) is 0 Å². The molecule has 14 heavy (non-hydrogen) atoms. The van der Waals surface area contributed by atoms with Gasteiger partial charge in [-0.3, -0.25) is 0 Å². The first kappa shape index (κ1) is 11.0. The van der Waals surface area contributed by atoms with Crippen molar-refractivity contribution in [3.63, 3.8) is 0 Å². The van der Waals surface area contributed by atoms with Crippen molar-refractivity contribution in [3.05, 3.63) is 28.2 Å². The van der Waals surface area contributed by atoms with E-state index in [4.69, 9.17) is 4.74 Å². The van der Waals surface area contributed by atoms with Crippen molar-refractivity contribution >= 4 is 22.0 Å². The van der Waals surface area contributed by atoms with Crippen molar-refractivity contribution in [3.8, 4) is 5.75 Å². The van der Waals surface area contributed by atoms with Crippen LogP contribution in [0.1, 0.15) is 18.5 Å². The Labute approximate surface area is 90.9 Å². The lowest BCUT2D eigenvalue weighted by atomic mass is 10.1.